The average Bonchev–Trinajstić information content (AvgIpc) is 2.54. The van der Waals surface area contributed by atoms with E-state index in [1.165, 1.54) is 25.2 Å². The Morgan fingerprint density at radius 2 is 1.84 bits per heavy atom. The molecule has 0 heterocycles. The third-order valence-electron chi connectivity index (χ3n) is 3.49. The first-order valence-corrected chi connectivity index (χ1v) is 8.37. The molecule has 0 aliphatic carbocycles. The van der Waals surface area contributed by atoms with Crippen molar-refractivity contribution in [2.75, 3.05) is 13.6 Å². The fourth-order valence-electron chi connectivity index (χ4n) is 2.14. The highest BCUT2D eigenvalue weighted by Crippen LogP contribution is 2.21. The van der Waals surface area contributed by atoms with Gasteiger partial charge in [0.1, 0.15) is 5.82 Å². The van der Waals surface area contributed by atoms with Gasteiger partial charge in [-0.3, -0.25) is 10.1 Å². The molecule has 10 heteroatoms. The normalized spacial score (nSPS) is 12.5. The number of sulfonamides is 1. The lowest BCUT2D eigenvalue weighted by Crippen LogP contribution is -2.34. The summed E-state index contributed by atoms with van der Waals surface area (Å²) >= 11 is 0. The minimum absolute atomic E-state index is 0. The Labute approximate surface area is 150 Å². The Bertz CT molecular complexity index is 846. The highest BCUT2D eigenvalue weighted by atomic mass is 35.5. The van der Waals surface area contributed by atoms with Crippen molar-refractivity contribution in [1.29, 1.82) is 0 Å². The molecule has 2 aromatic rings. The summed E-state index contributed by atoms with van der Waals surface area (Å²) in [6.07, 6.45) is 0. The van der Waals surface area contributed by atoms with Gasteiger partial charge in [-0.1, -0.05) is 12.1 Å². The number of benzene rings is 2. The second-order valence-electron chi connectivity index (χ2n) is 5.20. The maximum atomic E-state index is 13.2. The zero-order chi connectivity index (χ0) is 17.9. The minimum Gasteiger partial charge on any atom is -0.323 e. The molecule has 0 aromatic heterocycles. The molecule has 2 aromatic carbocycles. The van der Waals surface area contributed by atoms with E-state index in [-0.39, 0.29) is 29.5 Å². The number of halogens is 2. The number of hydrogen-bond acceptors (Lipinski definition) is 5. The van der Waals surface area contributed by atoms with Crippen LogP contribution in [0.3, 0.4) is 0 Å². The first kappa shape index (κ1) is 21.0. The zero-order valence-electron chi connectivity index (χ0n) is 13.2. The Morgan fingerprint density at radius 3 is 2.36 bits per heavy atom. The van der Waals surface area contributed by atoms with Gasteiger partial charge in [0, 0.05) is 31.8 Å². The van der Waals surface area contributed by atoms with Crippen molar-refractivity contribution in [2.24, 2.45) is 5.73 Å². The fraction of sp³-hybridized carbons (Fsp3) is 0.200. The lowest BCUT2D eigenvalue weighted by molar-refractivity contribution is -0.384. The molecule has 0 fully saturated rings. The molecular weight excluding hydrogens is 373 g/mol. The Hall–Kier alpha value is -2.07. The lowest BCUT2D eigenvalue weighted by atomic mass is 10.1. The van der Waals surface area contributed by atoms with Gasteiger partial charge in [-0.2, -0.15) is 4.31 Å². The van der Waals surface area contributed by atoms with Crippen molar-refractivity contribution in [3.63, 3.8) is 0 Å². The first-order valence-electron chi connectivity index (χ1n) is 6.93. The minimum atomic E-state index is -3.86. The van der Waals surface area contributed by atoms with Crippen LogP contribution in [0.15, 0.2) is 53.4 Å². The van der Waals surface area contributed by atoms with E-state index >= 15 is 0 Å². The molecule has 0 bridgehead atoms. The van der Waals surface area contributed by atoms with Crippen molar-refractivity contribution in [1.82, 2.24) is 4.31 Å². The van der Waals surface area contributed by atoms with Crippen molar-refractivity contribution < 1.29 is 17.7 Å². The molecule has 7 nitrogen and oxygen atoms in total. The molecule has 0 spiro atoms. The van der Waals surface area contributed by atoms with E-state index in [4.69, 9.17) is 5.73 Å². The average molecular weight is 390 g/mol. The van der Waals surface area contributed by atoms with Gasteiger partial charge in [0.05, 0.1) is 9.82 Å². The van der Waals surface area contributed by atoms with E-state index in [0.29, 0.717) is 5.56 Å². The molecule has 0 saturated carbocycles. The second-order valence-corrected chi connectivity index (χ2v) is 7.24. The maximum Gasteiger partial charge on any atom is 0.269 e. The molecule has 0 aliphatic heterocycles. The Kier molecular flexibility index (Phi) is 7.00. The largest absolute Gasteiger partial charge is 0.323 e. The van der Waals surface area contributed by atoms with Gasteiger partial charge in [-0.05, 0) is 29.8 Å². The molecule has 0 saturated heterocycles. The van der Waals surface area contributed by atoms with Crippen LogP contribution in [0.1, 0.15) is 11.6 Å². The number of nitrogens with zero attached hydrogens (tertiary/aromatic N) is 2. The van der Waals surface area contributed by atoms with Crippen LogP contribution in [-0.2, 0) is 10.0 Å². The number of rotatable bonds is 6. The van der Waals surface area contributed by atoms with Gasteiger partial charge in [0.15, 0.2) is 0 Å². The molecule has 0 aliphatic rings. The quantitative estimate of drug-likeness (QED) is 0.603. The van der Waals surface area contributed by atoms with Crippen molar-refractivity contribution in [2.45, 2.75) is 10.9 Å². The van der Waals surface area contributed by atoms with Crippen LogP contribution in [0.25, 0.3) is 0 Å². The molecule has 136 valence electrons. The second kappa shape index (κ2) is 8.34. The van der Waals surface area contributed by atoms with Crippen molar-refractivity contribution in [3.05, 3.63) is 70.0 Å². The summed E-state index contributed by atoms with van der Waals surface area (Å²) in [6.45, 7) is -0.0667. The van der Waals surface area contributed by atoms with E-state index in [2.05, 4.69) is 0 Å². The van der Waals surface area contributed by atoms with E-state index in [1.54, 1.807) is 6.07 Å². The summed E-state index contributed by atoms with van der Waals surface area (Å²) in [5, 5.41) is 10.6. The predicted octanol–water partition coefficient (Wildman–Crippen LogP) is 2.48. The fourth-order valence-corrected chi connectivity index (χ4v) is 3.33. The third kappa shape index (κ3) is 4.95. The summed E-state index contributed by atoms with van der Waals surface area (Å²) < 4.78 is 39.2. The van der Waals surface area contributed by atoms with E-state index < -0.39 is 26.8 Å². The molecular formula is C15H17ClFN3O4S. The molecule has 2 N–H and O–H groups in total. The zero-order valence-corrected chi connectivity index (χ0v) is 14.8. The summed E-state index contributed by atoms with van der Waals surface area (Å²) in [5.41, 5.74) is 6.21. The SMILES string of the molecule is CN(C[C@@H](N)c1cccc(F)c1)S(=O)(=O)c1ccc([N+](=O)[O-])cc1.Cl. The first-order chi connectivity index (χ1) is 11.2. The van der Waals surface area contributed by atoms with E-state index in [0.717, 1.165) is 28.6 Å². The van der Waals surface area contributed by atoms with Crippen LogP contribution in [0, 0.1) is 15.9 Å². The van der Waals surface area contributed by atoms with E-state index in [1.807, 2.05) is 0 Å². The van der Waals surface area contributed by atoms with Gasteiger partial charge in [0.2, 0.25) is 10.0 Å². The maximum absolute atomic E-state index is 13.2. The standard InChI is InChI=1S/C15H16FN3O4S.ClH/c1-18(10-15(17)11-3-2-4-12(16)9-11)24(22,23)14-7-5-13(6-8-14)19(20)21;/h2-9,15H,10,17H2,1H3;1H/t15-;/m1./s1. The van der Waals surface area contributed by atoms with E-state index in [9.17, 15) is 22.9 Å². The monoisotopic (exact) mass is 389 g/mol. The van der Waals surface area contributed by atoms with Crippen LogP contribution in [0.5, 0.6) is 0 Å². The number of hydrogen-bond donors (Lipinski definition) is 1. The number of nitrogens with two attached hydrogens (primary N) is 1. The van der Waals surface area contributed by atoms with Crippen molar-refractivity contribution in [3.8, 4) is 0 Å². The van der Waals surface area contributed by atoms with Crippen LogP contribution < -0.4 is 5.73 Å². The molecule has 1 atom stereocenters. The third-order valence-corrected chi connectivity index (χ3v) is 5.32. The lowest BCUT2D eigenvalue weighted by Gasteiger charge is -2.21. The number of non-ortho nitro benzene ring substituents is 1. The van der Waals surface area contributed by atoms with Crippen LogP contribution in [0.2, 0.25) is 0 Å². The summed E-state index contributed by atoms with van der Waals surface area (Å²) in [6, 6.07) is 9.48. The summed E-state index contributed by atoms with van der Waals surface area (Å²) in [7, 11) is -2.51. The topological polar surface area (TPSA) is 107 Å². The van der Waals surface area contributed by atoms with Gasteiger partial charge < -0.3 is 5.73 Å². The molecule has 0 unspecified atom stereocenters. The van der Waals surface area contributed by atoms with Gasteiger partial charge >= 0.3 is 0 Å². The van der Waals surface area contributed by atoms with Gasteiger partial charge in [-0.25, -0.2) is 12.8 Å². The number of likely N-dealkylation sites (N-methyl/N-ethyl adjacent to an activating group) is 1. The number of nitro benzene ring substituents is 1. The highest BCUT2D eigenvalue weighted by Gasteiger charge is 2.24. The van der Waals surface area contributed by atoms with Gasteiger partial charge in [0.25, 0.3) is 5.69 Å². The smallest absolute Gasteiger partial charge is 0.269 e. The molecule has 0 radical (unpaired) electrons. The molecule has 2 rings (SSSR count). The molecule has 0 amide bonds. The Balaban J connectivity index is 0.00000312. The number of nitro groups is 1. The van der Waals surface area contributed by atoms with Crippen LogP contribution >= 0.6 is 12.4 Å². The van der Waals surface area contributed by atoms with Crippen molar-refractivity contribution >= 4 is 28.1 Å². The predicted molar refractivity (Wildman–Crippen MR) is 93.5 cm³/mol. The van der Waals surface area contributed by atoms with Gasteiger partial charge in [-0.15, -0.1) is 12.4 Å². The molecule has 25 heavy (non-hydrogen) atoms. The highest BCUT2D eigenvalue weighted by molar-refractivity contribution is 7.89. The van der Waals surface area contributed by atoms with Crippen LogP contribution in [0.4, 0.5) is 10.1 Å². The summed E-state index contributed by atoms with van der Waals surface area (Å²) in [4.78, 5) is 9.93. The van der Waals surface area contributed by atoms with Crippen LogP contribution in [-0.4, -0.2) is 31.2 Å². The Morgan fingerprint density at radius 1 is 1.24 bits per heavy atom. The summed E-state index contributed by atoms with van der Waals surface area (Å²) in [5.74, 6) is -0.455.